The summed E-state index contributed by atoms with van der Waals surface area (Å²) in [6, 6.07) is 6.44. The Kier molecular flexibility index (Phi) is 5.81. The van der Waals surface area contributed by atoms with Gasteiger partial charge in [0.25, 0.3) is 11.6 Å². The van der Waals surface area contributed by atoms with Gasteiger partial charge in [-0.25, -0.2) is 4.98 Å². The van der Waals surface area contributed by atoms with E-state index < -0.39 is 17.6 Å². The largest absolute Gasteiger partial charge is 0.417 e. The second kappa shape index (κ2) is 8.00. The van der Waals surface area contributed by atoms with E-state index in [0.717, 1.165) is 19.0 Å². The Balaban J connectivity index is 0.00000240. The van der Waals surface area contributed by atoms with Gasteiger partial charge in [-0.05, 0) is 32.0 Å². The second-order valence-electron chi connectivity index (χ2n) is 6.71. The number of nitrogens with zero attached hydrogens (tertiary/aromatic N) is 2. The normalized spacial score (nSPS) is 16.6. The standard InChI is InChI=1S/C19H17F3N4O2.ClH/c1-10-16-13(17(27)24-11-6-7-23-9-11)8-15(25-18(16)28-26-10)12-4-2-3-5-14(12)19(20,21)22;/h2-5,8,11,23H,6-7,9H2,1H3,(H,24,27);1H. The third-order valence-corrected chi connectivity index (χ3v) is 4.77. The second-order valence-corrected chi connectivity index (χ2v) is 6.71. The van der Waals surface area contributed by atoms with Crippen LogP contribution in [0.15, 0.2) is 34.9 Å². The van der Waals surface area contributed by atoms with E-state index in [9.17, 15) is 18.0 Å². The molecule has 1 fully saturated rings. The first-order chi connectivity index (χ1) is 13.3. The van der Waals surface area contributed by atoms with E-state index in [4.69, 9.17) is 4.52 Å². The smallest absolute Gasteiger partial charge is 0.348 e. The van der Waals surface area contributed by atoms with Crippen LogP contribution in [0, 0.1) is 6.92 Å². The molecule has 10 heteroatoms. The van der Waals surface area contributed by atoms with E-state index in [1.807, 2.05) is 0 Å². The predicted molar refractivity (Wildman–Crippen MR) is 103 cm³/mol. The van der Waals surface area contributed by atoms with Gasteiger partial charge in [-0.2, -0.15) is 13.2 Å². The number of aryl methyl sites for hydroxylation is 1. The Morgan fingerprint density at radius 2 is 2.07 bits per heavy atom. The molecule has 1 unspecified atom stereocenters. The first kappa shape index (κ1) is 21.1. The van der Waals surface area contributed by atoms with E-state index in [-0.39, 0.29) is 41.0 Å². The zero-order valence-electron chi connectivity index (χ0n) is 15.3. The Bertz CT molecular complexity index is 1050. The van der Waals surface area contributed by atoms with Crippen LogP contribution in [0.5, 0.6) is 0 Å². The van der Waals surface area contributed by atoms with Gasteiger partial charge in [0, 0.05) is 18.2 Å². The molecule has 3 heterocycles. The molecule has 6 nitrogen and oxygen atoms in total. The van der Waals surface area contributed by atoms with Crippen LogP contribution >= 0.6 is 12.4 Å². The van der Waals surface area contributed by atoms with Crippen molar-refractivity contribution in [1.82, 2.24) is 20.8 Å². The Morgan fingerprint density at radius 1 is 1.31 bits per heavy atom. The maximum absolute atomic E-state index is 13.4. The van der Waals surface area contributed by atoms with Crippen LogP contribution in [0.3, 0.4) is 0 Å². The molecule has 1 aliphatic heterocycles. The number of nitrogens with one attached hydrogen (secondary N) is 2. The van der Waals surface area contributed by atoms with Gasteiger partial charge in [-0.1, -0.05) is 23.4 Å². The summed E-state index contributed by atoms with van der Waals surface area (Å²) in [4.78, 5) is 17.1. The molecule has 0 spiro atoms. The van der Waals surface area contributed by atoms with Gasteiger partial charge in [0.2, 0.25) is 0 Å². The first-order valence-corrected chi connectivity index (χ1v) is 8.80. The summed E-state index contributed by atoms with van der Waals surface area (Å²) in [5.74, 6) is -0.391. The highest BCUT2D eigenvalue weighted by Gasteiger charge is 2.34. The number of benzene rings is 1. The topological polar surface area (TPSA) is 80.0 Å². The molecule has 154 valence electrons. The maximum atomic E-state index is 13.4. The van der Waals surface area contributed by atoms with Crippen LogP contribution in [0.4, 0.5) is 13.2 Å². The minimum Gasteiger partial charge on any atom is -0.348 e. The average molecular weight is 427 g/mol. The predicted octanol–water partition coefficient (Wildman–Crippen LogP) is 3.73. The molecule has 1 aliphatic rings. The van der Waals surface area contributed by atoms with Gasteiger partial charge in [0.05, 0.1) is 27.9 Å². The van der Waals surface area contributed by atoms with Gasteiger partial charge in [-0.15, -0.1) is 12.4 Å². The summed E-state index contributed by atoms with van der Waals surface area (Å²) in [5.41, 5.74) is -0.268. The molecular weight excluding hydrogens is 409 g/mol. The summed E-state index contributed by atoms with van der Waals surface area (Å²) in [5, 5.41) is 10.3. The van der Waals surface area contributed by atoms with Crippen molar-refractivity contribution in [3.05, 3.63) is 47.2 Å². The highest BCUT2D eigenvalue weighted by atomic mass is 35.5. The van der Waals surface area contributed by atoms with Crippen molar-refractivity contribution in [3.8, 4) is 11.3 Å². The number of fused-ring (bicyclic) bond motifs is 1. The fourth-order valence-electron chi connectivity index (χ4n) is 3.41. The minimum atomic E-state index is -4.55. The molecule has 1 amide bonds. The molecule has 29 heavy (non-hydrogen) atoms. The molecule has 1 saturated heterocycles. The van der Waals surface area contributed by atoms with Gasteiger partial charge in [0.1, 0.15) is 0 Å². The number of rotatable bonds is 3. The van der Waals surface area contributed by atoms with Crippen LogP contribution in [-0.4, -0.2) is 35.2 Å². The number of carbonyl (C=O) groups excluding carboxylic acids is 1. The third-order valence-electron chi connectivity index (χ3n) is 4.77. The van der Waals surface area contributed by atoms with Crippen molar-refractivity contribution in [3.63, 3.8) is 0 Å². The zero-order chi connectivity index (χ0) is 19.9. The van der Waals surface area contributed by atoms with Crippen molar-refractivity contribution < 1.29 is 22.5 Å². The molecule has 3 aromatic rings. The van der Waals surface area contributed by atoms with E-state index in [2.05, 4.69) is 20.8 Å². The van der Waals surface area contributed by atoms with E-state index in [1.165, 1.54) is 24.3 Å². The zero-order valence-corrected chi connectivity index (χ0v) is 16.2. The van der Waals surface area contributed by atoms with Gasteiger partial charge >= 0.3 is 6.18 Å². The van der Waals surface area contributed by atoms with E-state index in [1.54, 1.807) is 6.92 Å². The molecule has 2 N–H and O–H groups in total. The lowest BCUT2D eigenvalue weighted by molar-refractivity contribution is -0.137. The maximum Gasteiger partial charge on any atom is 0.417 e. The average Bonchev–Trinajstić information content (AvgIpc) is 3.30. The number of alkyl halides is 3. The van der Waals surface area contributed by atoms with Crippen molar-refractivity contribution in [2.45, 2.75) is 25.6 Å². The van der Waals surface area contributed by atoms with Crippen molar-refractivity contribution in [2.24, 2.45) is 0 Å². The Morgan fingerprint density at radius 3 is 2.76 bits per heavy atom. The summed E-state index contributed by atoms with van der Waals surface area (Å²) in [7, 11) is 0. The lowest BCUT2D eigenvalue weighted by Crippen LogP contribution is -2.36. The quantitative estimate of drug-likeness (QED) is 0.667. The number of amides is 1. The summed E-state index contributed by atoms with van der Waals surface area (Å²) >= 11 is 0. The van der Waals surface area contributed by atoms with E-state index in [0.29, 0.717) is 17.6 Å². The van der Waals surface area contributed by atoms with Gasteiger partial charge < -0.3 is 15.2 Å². The molecule has 0 radical (unpaired) electrons. The minimum absolute atomic E-state index is 0. The Labute approximate surface area is 170 Å². The number of hydrogen-bond acceptors (Lipinski definition) is 5. The number of halogens is 4. The molecule has 1 atom stereocenters. The van der Waals surface area contributed by atoms with Crippen molar-refractivity contribution in [2.75, 3.05) is 13.1 Å². The van der Waals surface area contributed by atoms with Crippen LogP contribution in [-0.2, 0) is 6.18 Å². The summed E-state index contributed by atoms with van der Waals surface area (Å²) in [6.45, 7) is 3.10. The highest BCUT2D eigenvalue weighted by Crippen LogP contribution is 2.37. The fourth-order valence-corrected chi connectivity index (χ4v) is 3.41. The van der Waals surface area contributed by atoms with Gasteiger partial charge in [0.15, 0.2) is 0 Å². The van der Waals surface area contributed by atoms with Crippen molar-refractivity contribution >= 4 is 29.4 Å². The molecule has 0 saturated carbocycles. The fraction of sp³-hybridized carbons (Fsp3) is 0.316. The van der Waals surface area contributed by atoms with Crippen molar-refractivity contribution in [1.29, 1.82) is 0 Å². The number of pyridine rings is 1. The SMILES string of the molecule is Cc1noc2nc(-c3ccccc3C(F)(F)F)cc(C(=O)NC3CCNC3)c12.Cl. The molecule has 0 bridgehead atoms. The van der Waals surface area contributed by atoms with Gasteiger partial charge in [-0.3, -0.25) is 4.79 Å². The number of hydrogen-bond donors (Lipinski definition) is 2. The molecule has 1 aromatic carbocycles. The monoisotopic (exact) mass is 426 g/mol. The van der Waals surface area contributed by atoms with E-state index >= 15 is 0 Å². The molecule has 2 aromatic heterocycles. The van der Waals surface area contributed by atoms with Crippen LogP contribution in [0.25, 0.3) is 22.4 Å². The first-order valence-electron chi connectivity index (χ1n) is 8.80. The lowest BCUT2D eigenvalue weighted by Gasteiger charge is -2.14. The number of carbonyl (C=O) groups is 1. The van der Waals surface area contributed by atoms with Crippen LogP contribution < -0.4 is 10.6 Å². The summed E-state index contributed by atoms with van der Waals surface area (Å²) < 4.78 is 45.5. The van der Waals surface area contributed by atoms with Crippen LogP contribution in [0.2, 0.25) is 0 Å². The Hall–Kier alpha value is -2.65. The third kappa shape index (κ3) is 4.06. The number of aromatic nitrogens is 2. The highest BCUT2D eigenvalue weighted by molar-refractivity contribution is 6.07. The molecular formula is C19H18ClF3N4O2. The summed E-state index contributed by atoms with van der Waals surface area (Å²) in [6.07, 6.45) is -3.77. The van der Waals surface area contributed by atoms with Crippen LogP contribution in [0.1, 0.15) is 28.0 Å². The lowest BCUT2D eigenvalue weighted by atomic mass is 10.0. The molecule has 4 rings (SSSR count). The molecule has 0 aliphatic carbocycles.